The quantitative estimate of drug-likeness (QED) is 0.657. The van der Waals surface area contributed by atoms with Crippen molar-refractivity contribution >= 4 is 0 Å². The van der Waals surface area contributed by atoms with E-state index in [9.17, 15) is 0 Å². The van der Waals surface area contributed by atoms with Crippen LogP contribution in [0.2, 0.25) is 0 Å². The van der Waals surface area contributed by atoms with Gasteiger partial charge in [0.05, 0.1) is 0 Å². The maximum absolute atomic E-state index is 4.01. The fraction of sp³-hybridized carbons (Fsp3) is 1.00. The summed E-state index contributed by atoms with van der Waals surface area (Å²) in [4.78, 5) is 0. The molecule has 3 aliphatic rings. The molecule has 0 bridgehead atoms. The Hall–Kier alpha value is -0.0400. The van der Waals surface area contributed by atoms with E-state index in [1.54, 1.807) is 0 Å². The van der Waals surface area contributed by atoms with E-state index < -0.39 is 0 Å². The molecule has 92 valence electrons. The molecule has 1 N–H and O–H groups in total. The summed E-state index contributed by atoms with van der Waals surface area (Å²) in [6.07, 6.45) is 13.4. The molecule has 1 nitrogen and oxygen atoms in total. The third kappa shape index (κ3) is 2.03. The molecule has 5 unspecified atom stereocenters. The summed E-state index contributed by atoms with van der Waals surface area (Å²) >= 11 is 0. The molecule has 1 heterocycles. The average molecular weight is 221 g/mol. The van der Waals surface area contributed by atoms with Crippen LogP contribution in [0.25, 0.3) is 0 Å². The van der Waals surface area contributed by atoms with Crippen molar-refractivity contribution in [1.29, 1.82) is 0 Å². The molecule has 0 radical (unpaired) electrons. The van der Waals surface area contributed by atoms with Crippen molar-refractivity contribution in [3.05, 3.63) is 0 Å². The second-order valence-electron chi connectivity index (χ2n) is 6.62. The lowest BCUT2D eigenvalue weighted by Gasteiger charge is -2.22. The monoisotopic (exact) mass is 221 g/mol. The van der Waals surface area contributed by atoms with E-state index in [0.29, 0.717) is 0 Å². The Labute approximate surface area is 100 Å². The number of hydrogen-bond acceptors (Lipinski definition) is 1. The Morgan fingerprint density at radius 2 is 1.50 bits per heavy atom. The smallest absolute Gasteiger partial charge is 0.0104 e. The summed E-state index contributed by atoms with van der Waals surface area (Å²) < 4.78 is 0. The Kier molecular flexibility index (Phi) is 3.24. The van der Waals surface area contributed by atoms with Crippen LogP contribution >= 0.6 is 0 Å². The first kappa shape index (κ1) is 11.1. The second-order valence-corrected chi connectivity index (χ2v) is 6.62. The van der Waals surface area contributed by atoms with Gasteiger partial charge in [-0.1, -0.05) is 39.0 Å². The average Bonchev–Trinajstić information content (AvgIpc) is 2.48. The normalized spacial score (nSPS) is 48.9. The van der Waals surface area contributed by atoms with Gasteiger partial charge in [0, 0.05) is 12.1 Å². The van der Waals surface area contributed by atoms with Crippen molar-refractivity contribution in [3.63, 3.8) is 0 Å². The third-order valence-corrected chi connectivity index (χ3v) is 5.46. The number of fused-ring (bicyclic) bond motifs is 3. The molecule has 5 atom stereocenters. The van der Waals surface area contributed by atoms with Gasteiger partial charge in [0.2, 0.25) is 0 Å². The van der Waals surface area contributed by atoms with Gasteiger partial charge < -0.3 is 5.32 Å². The molecule has 16 heavy (non-hydrogen) atoms. The number of nitrogens with one attached hydrogen (secondary N) is 1. The SMILES string of the molecule is CC1CCCC2C(C1)NC1CCCCCC12. The van der Waals surface area contributed by atoms with Crippen molar-refractivity contribution < 1.29 is 0 Å². The second kappa shape index (κ2) is 4.68. The summed E-state index contributed by atoms with van der Waals surface area (Å²) in [6, 6.07) is 1.77. The molecule has 2 aliphatic carbocycles. The predicted molar refractivity (Wildman–Crippen MR) is 68.4 cm³/mol. The fourth-order valence-corrected chi connectivity index (χ4v) is 4.66. The predicted octanol–water partition coefficient (Wildman–Crippen LogP) is 3.73. The molecule has 0 aromatic rings. The first-order valence-electron chi connectivity index (χ1n) is 7.60. The lowest BCUT2D eigenvalue weighted by Crippen LogP contribution is -2.32. The molecule has 0 amide bonds. The van der Waals surface area contributed by atoms with Crippen LogP contribution in [0.15, 0.2) is 0 Å². The summed E-state index contributed by atoms with van der Waals surface area (Å²) in [5.41, 5.74) is 0. The van der Waals surface area contributed by atoms with Crippen LogP contribution in [0, 0.1) is 17.8 Å². The third-order valence-electron chi connectivity index (χ3n) is 5.46. The van der Waals surface area contributed by atoms with Crippen LogP contribution in [-0.2, 0) is 0 Å². The van der Waals surface area contributed by atoms with Crippen LogP contribution in [0.3, 0.4) is 0 Å². The molecule has 1 heteroatoms. The van der Waals surface area contributed by atoms with E-state index in [4.69, 9.17) is 0 Å². The Bertz CT molecular complexity index is 238. The summed E-state index contributed by atoms with van der Waals surface area (Å²) in [6.45, 7) is 2.46. The van der Waals surface area contributed by atoms with Gasteiger partial charge in [0.25, 0.3) is 0 Å². The van der Waals surface area contributed by atoms with Crippen molar-refractivity contribution in [3.8, 4) is 0 Å². The highest BCUT2D eigenvalue weighted by Crippen LogP contribution is 2.43. The van der Waals surface area contributed by atoms with E-state index in [1.807, 2.05) is 0 Å². The minimum atomic E-state index is 0.880. The molecule has 2 saturated carbocycles. The molecule has 1 saturated heterocycles. The molecule has 1 aliphatic heterocycles. The largest absolute Gasteiger partial charge is 0.311 e. The number of hydrogen-bond donors (Lipinski definition) is 1. The highest BCUT2D eigenvalue weighted by atomic mass is 15.0. The minimum Gasteiger partial charge on any atom is -0.311 e. The van der Waals surface area contributed by atoms with Gasteiger partial charge in [-0.3, -0.25) is 0 Å². The standard InChI is InChI=1S/C15H27N/c1-11-6-5-8-13-12-7-3-2-4-9-14(12)16-15(13)10-11/h11-16H,2-10H2,1H3. The van der Waals surface area contributed by atoms with Crippen molar-refractivity contribution in [2.45, 2.75) is 76.8 Å². The van der Waals surface area contributed by atoms with E-state index in [2.05, 4.69) is 12.2 Å². The summed E-state index contributed by atoms with van der Waals surface area (Å²) in [7, 11) is 0. The van der Waals surface area contributed by atoms with Crippen molar-refractivity contribution in [1.82, 2.24) is 5.32 Å². The molecule has 3 fully saturated rings. The molecule has 3 rings (SSSR count). The van der Waals surface area contributed by atoms with Gasteiger partial charge in [0.1, 0.15) is 0 Å². The van der Waals surface area contributed by atoms with Gasteiger partial charge in [0.15, 0.2) is 0 Å². The zero-order valence-corrected chi connectivity index (χ0v) is 10.8. The van der Waals surface area contributed by atoms with Crippen LogP contribution in [0.5, 0.6) is 0 Å². The summed E-state index contributed by atoms with van der Waals surface area (Å²) in [5.74, 6) is 3.04. The Morgan fingerprint density at radius 3 is 2.44 bits per heavy atom. The fourth-order valence-electron chi connectivity index (χ4n) is 4.66. The molecular formula is C15H27N. The van der Waals surface area contributed by atoms with Gasteiger partial charge >= 0.3 is 0 Å². The first-order chi connectivity index (χ1) is 7.84. The van der Waals surface area contributed by atoms with Crippen molar-refractivity contribution in [2.75, 3.05) is 0 Å². The topological polar surface area (TPSA) is 12.0 Å². The molecule has 0 aromatic carbocycles. The van der Waals surface area contributed by atoms with Crippen LogP contribution in [0.4, 0.5) is 0 Å². The first-order valence-corrected chi connectivity index (χ1v) is 7.60. The van der Waals surface area contributed by atoms with E-state index >= 15 is 0 Å². The number of rotatable bonds is 0. The van der Waals surface area contributed by atoms with Crippen molar-refractivity contribution in [2.24, 2.45) is 17.8 Å². The maximum atomic E-state index is 4.01. The zero-order valence-electron chi connectivity index (χ0n) is 10.8. The molecule has 0 spiro atoms. The highest BCUT2D eigenvalue weighted by molar-refractivity contribution is 4.99. The molecule has 0 aromatic heterocycles. The van der Waals surface area contributed by atoms with Gasteiger partial charge in [-0.05, 0) is 43.4 Å². The Balaban J connectivity index is 1.74. The minimum absolute atomic E-state index is 0.880. The highest BCUT2D eigenvalue weighted by Gasteiger charge is 2.43. The van der Waals surface area contributed by atoms with Crippen LogP contribution in [0.1, 0.15) is 64.7 Å². The van der Waals surface area contributed by atoms with Gasteiger partial charge in [-0.2, -0.15) is 0 Å². The van der Waals surface area contributed by atoms with Gasteiger partial charge in [-0.25, -0.2) is 0 Å². The lowest BCUT2D eigenvalue weighted by atomic mass is 9.81. The maximum Gasteiger partial charge on any atom is 0.0104 e. The zero-order chi connectivity index (χ0) is 11.0. The van der Waals surface area contributed by atoms with Crippen LogP contribution < -0.4 is 5.32 Å². The lowest BCUT2D eigenvalue weighted by molar-refractivity contribution is 0.305. The van der Waals surface area contributed by atoms with Gasteiger partial charge in [-0.15, -0.1) is 0 Å². The van der Waals surface area contributed by atoms with E-state index in [-0.39, 0.29) is 0 Å². The van der Waals surface area contributed by atoms with Crippen LogP contribution in [-0.4, -0.2) is 12.1 Å². The van der Waals surface area contributed by atoms with E-state index in [0.717, 1.165) is 29.8 Å². The molecular weight excluding hydrogens is 194 g/mol. The summed E-state index contributed by atoms with van der Waals surface area (Å²) in [5, 5.41) is 4.01. The van der Waals surface area contributed by atoms with E-state index in [1.165, 1.54) is 57.8 Å². The Morgan fingerprint density at radius 1 is 0.750 bits per heavy atom.